The molecular weight excluding hydrogens is 264 g/mol. The van der Waals surface area contributed by atoms with Crippen LogP contribution in [0.2, 0.25) is 0 Å². The molecule has 1 unspecified atom stereocenters. The Morgan fingerprint density at radius 3 is 2.85 bits per heavy atom. The molecule has 3 N–H and O–H groups in total. The topological polar surface area (TPSA) is 112 Å². The number of ether oxygens (including phenoxy) is 2. The second-order valence-electron chi connectivity index (χ2n) is 5.71. The number of anilines is 1. The fourth-order valence-corrected chi connectivity index (χ4v) is 3.09. The fraction of sp³-hybridized carbons (Fsp3) is 0.750. The van der Waals surface area contributed by atoms with Crippen molar-refractivity contribution >= 4 is 5.95 Å². The maximum atomic E-state index is 11.9. The van der Waals surface area contributed by atoms with Crippen molar-refractivity contribution in [3.63, 3.8) is 0 Å². The van der Waals surface area contributed by atoms with Crippen molar-refractivity contribution in [3.05, 3.63) is 16.8 Å². The number of hydrogen-bond donors (Lipinski definition) is 2. The molecule has 0 aromatic carbocycles. The summed E-state index contributed by atoms with van der Waals surface area (Å²) in [4.78, 5) is 19.4. The van der Waals surface area contributed by atoms with Gasteiger partial charge < -0.3 is 20.3 Å². The van der Waals surface area contributed by atoms with Crippen molar-refractivity contribution in [2.24, 2.45) is 5.92 Å². The first-order valence-corrected chi connectivity index (χ1v) is 6.58. The third-order valence-corrected chi connectivity index (χ3v) is 3.89. The lowest BCUT2D eigenvalue weighted by molar-refractivity contribution is -0.161. The van der Waals surface area contributed by atoms with Gasteiger partial charge >= 0.3 is 5.69 Å². The summed E-state index contributed by atoms with van der Waals surface area (Å²) in [7, 11) is 0. The van der Waals surface area contributed by atoms with Gasteiger partial charge in [0.2, 0.25) is 5.95 Å². The fourth-order valence-electron chi connectivity index (χ4n) is 3.09. The van der Waals surface area contributed by atoms with Crippen molar-refractivity contribution in [1.29, 1.82) is 0 Å². The summed E-state index contributed by atoms with van der Waals surface area (Å²) in [5.74, 6) is -0.848. The quantitative estimate of drug-likeness (QED) is 0.737. The van der Waals surface area contributed by atoms with Gasteiger partial charge in [-0.25, -0.2) is 9.78 Å². The second kappa shape index (κ2) is 4.51. The van der Waals surface area contributed by atoms with E-state index in [1.165, 1.54) is 10.9 Å². The molecule has 4 atom stereocenters. The second-order valence-corrected chi connectivity index (χ2v) is 5.71. The third-order valence-electron chi connectivity index (χ3n) is 3.89. The van der Waals surface area contributed by atoms with Crippen LogP contribution >= 0.6 is 0 Å². The average Bonchev–Trinajstić information content (AvgIpc) is 2.83. The third kappa shape index (κ3) is 2.09. The molecule has 1 aliphatic carbocycles. The van der Waals surface area contributed by atoms with E-state index < -0.39 is 11.5 Å². The molecular formula is C12H18N4O4. The van der Waals surface area contributed by atoms with Crippen LogP contribution in [0.25, 0.3) is 0 Å². The highest BCUT2D eigenvalue weighted by Gasteiger charge is 2.54. The van der Waals surface area contributed by atoms with Gasteiger partial charge in [-0.2, -0.15) is 4.98 Å². The van der Waals surface area contributed by atoms with Crippen LogP contribution in [0.1, 0.15) is 26.3 Å². The molecule has 0 bridgehead atoms. The van der Waals surface area contributed by atoms with Crippen LogP contribution in [-0.4, -0.2) is 44.2 Å². The molecule has 1 saturated heterocycles. The Kier molecular flexibility index (Phi) is 3.03. The molecule has 8 heteroatoms. The predicted molar refractivity (Wildman–Crippen MR) is 68.8 cm³/mol. The molecule has 2 aliphatic rings. The lowest BCUT2D eigenvalue weighted by Crippen LogP contribution is -2.35. The Morgan fingerprint density at radius 2 is 2.20 bits per heavy atom. The lowest BCUT2D eigenvalue weighted by atomic mass is 10.1. The zero-order valence-electron chi connectivity index (χ0n) is 11.4. The molecule has 110 valence electrons. The van der Waals surface area contributed by atoms with E-state index in [-0.39, 0.29) is 36.7 Å². The minimum Gasteiger partial charge on any atom is -0.396 e. The molecule has 2 fully saturated rings. The SMILES string of the molecule is CC1(C)O[C@@H]2[C@H](O1)C(CO)C[C@H]2n1cnc(N)nc1=O. The van der Waals surface area contributed by atoms with Gasteiger partial charge in [-0.1, -0.05) is 0 Å². The van der Waals surface area contributed by atoms with E-state index in [0.717, 1.165) is 0 Å². The van der Waals surface area contributed by atoms with Gasteiger partial charge in [-0.3, -0.25) is 4.57 Å². The van der Waals surface area contributed by atoms with Gasteiger partial charge in [0.25, 0.3) is 0 Å². The molecule has 1 saturated carbocycles. The number of fused-ring (bicyclic) bond motifs is 1. The monoisotopic (exact) mass is 282 g/mol. The first kappa shape index (κ1) is 13.5. The van der Waals surface area contributed by atoms with Crippen LogP contribution in [0.3, 0.4) is 0 Å². The molecule has 0 spiro atoms. The van der Waals surface area contributed by atoms with E-state index in [0.29, 0.717) is 6.42 Å². The first-order chi connectivity index (χ1) is 9.41. The van der Waals surface area contributed by atoms with Crippen LogP contribution in [0.15, 0.2) is 11.1 Å². The highest BCUT2D eigenvalue weighted by Crippen LogP contribution is 2.46. The molecule has 1 aromatic heterocycles. The van der Waals surface area contributed by atoms with E-state index in [4.69, 9.17) is 15.2 Å². The van der Waals surface area contributed by atoms with Gasteiger partial charge in [0.05, 0.1) is 12.1 Å². The molecule has 2 heterocycles. The molecule has 3 rings (SSSR count). The van der Waals surface area contributed by atoms with Crippen molar-refractivity contribution in [2.75, 3.05) is 12.3 Å². The van der Waals surface area contributed by atoms with Crippen molar-refractivity contribution in [3.8, 4) is 0 Å². The van der Waals surface area contributed by atoms with Crippen LogP contribution in [0.4, 0.5) is 5.95 Å². The molecule has 20 heavy (non-hydrogen) atoms. The van der Waals surface area contributed by atoms with E-state index in [1.54, 1.807) is 0 Å². The van der Waals surface area contributed by atoms with E-state index >= 15 is 0 Å². The number of hydrogen-bond acceptors (Lipinski definition) is 7. The Bertz CT molecular complexity index is 573. The van der Waals surface area contributed by atoms with Crippen molar-refractivity contribution in [1.82, 2.24) is 14.5 Å². The minimum absolute atomic E-state index is 0.0122. The Balaban J connectivity index is 1.96. The summed E-state index contributed by atoms with van der Waals surface area (Å²) in [5, 5.41) is 9.49. The average molecular weight is 282 g/mol. The van der Waals surface area contributed by atoms with Crippen molar-refractivity contribution < 1.29 is 14.6 Å². The summed E-state index contributed by atoms with van der Waals surface area (Å²) < 4.78 is 13.1. The Hall–Kier alpha value is -1.51. The zero-order chi connectivity index (χ0) is 14.5. The Morgan fingerprint density at radius 1 is 1.50 bits per heavy atom. The summed E-state index contributed by atoms with van der Waals surface area (Å²) in [6.45, 7) is 3.62. The molecule has 0 amide bonds. The zero-order valence-corrected chi connectivity index (χ0v) is 11.4. The standard InChI is InChI=1S/C12H18N4O4/c1-12(2)19-8-6(4-17)3-7(9(8)20-12)16-5-14-10(13)15-11(16)18/h5-9,17H,3-4H2,1-2H3,(H2,13,15,18)/t6?,7-,8-,9+/m1/s1. The number of nitrogens with zero attached hydrogens (tertiary/aromatic N) is 3. The molecule has 0 radical (unpaired) electrons. The van der Waals surface area contributed by atoms with Crippen LogP contribution < -0.4 is 11.4 Å². The molecule has 1 aliphatic heterocycles. The Labute approximate surface area is 115 Å². The van der Waals surface area contributed by atoms with E-state index in [9.17, 15) is 9.90 Å². The number of nitrogen functional groups attached to an aromatic ring is 1. The van der Waals surface area contributed by atoms with Gasteiger partial charge in [-0.05, 0) is 20.3 Å². The highest BCUT2D eigenvalue weighted by molar-refractivity contribution is 5.11. The number of aliphatic hydroxyl groups excluding tert-OH is 1. The molecule has 1 aromatic rings. The minimum atomic E-state index is -0.723. The van der Waals surface area contributed by atoms with Gasteiger partial charge in [0.15, 0.2) is 5.79 Å². The van der Waals surface area contributed by atoms with Crippen LogP contribution in [0, 0.1) is 5.92 Å². The summed E-state index contributed by atoms with van der Waals surface area (Å²) >= 11 is 0. The highest BCUT2D eigenvalue weighted by atomic mass is 16.8. The normalized spacial score (nSPS) is 35.1. The van der Waals surface area contributed by atoms with E-state index in [2.05, 4.69) is 9.97 Å². The number of rotatable bonds is 2. The lowest BCUT2D eigenvalue weighted by Gasteiger charge is -2.23. The van der Waals surface area contributed by atoms with Crippen LogP contribution in [0.5, 0.6) is 0 Å². The number of aromatic nitrogens is 3. The summed E-state index contributed by atoms with van der Waals surface area (Å²) in [6, 6.07) is -0.257. The maximum absolute atomic E-state index is 11.9. The maximum Gasteiger partial charge on any atom is 0.352 e. The largest absolute Gasteiger partial charge is 0.396 e. The van der Waals surface area contributed by atoms with Gasteiger partial charge in [0.1, 0.15) is 12.4 Å². The van der Waals surface area contributed by atoms with Gasteiger partial charge in [0, 0.05) is 12.5 Å². The first-order valence-electron chi connectivity index (χ1n) is 6.58. The smallest absolute Gasteiger partial charge is 0.352 e. The van der Waals surface area contributed by atoms with E-state index in [1.807, 2.05) is 13.8 Å². The summed E-state index contributed by atoms with van der Waals surface area (Å²) in [5.41, 5.74) is 4.93. The summed E-state index contributed by atoms with van der Waals surface area (Å²) in [6.07, 6.45) is 1.42. The molecule has 8 nitrogen and oxygen atoms in total. The number of aliphatic hydroxyl groups is 1. The predicted octanol–water partition coefficient (Wildman–Crippen LogP) is -0.706. The van der Waals surface area contributed by atoms with Gasteiger partial charge in [-0.15, -0.1) is 0 Å². The van der Waals surface area contributed by atoms with Crippen molar-refractivity contribution in [2.45, 2.75) is 44.3 Å². The van der Waals surface area contributed by atoms with Crippen LogP contribution in [-0.2, 0) is 9.47 Å². The number of nitrogens with two attached hydrogens (primary N) is 1.